The van der Waals surface area contributed by atoms with Crippen molar-refractivity contribution in [3.63, 3.8) is 0 Å². The molecular weight excluding hydrogens is 935 g/mol. The molecule has 4 aliphatic rings. The summed E-state index contributed by atoms with van der Waals surface area (Å²) in [5.41, 5.74) is 23.6. The smallest absolute Gasteiger partial charge is 0.132 e. The van der Waals surface area contributed by atoms with Crippen LogP contribution in [0.2, 0.25) is 0 Å². The predicted octanol–water partition coefficient (Wildman–Crippen LogP) is 19.1. The van der Waals surface area contributed by atoms with Crippen molar-refractivity contribution in [3.8, 4) is 78.6 Å². The molecule has 2 aliphatic heterocycles. The Bertz CT molecular complexity index is 4270. The molecule has 0 fully saturated rings. The van der Waals surface area contributed by atoms with E-state index >= 15 is 0 Å². The number of hydrogen-bond donors (Lipinski definition) is 0. The Morgan fingerprint density at radius 1 is 0.234 bits per heavy atom. The zero-order chi connectivity index (χ0) is 50.7. The third-order valence-electron chi connectivity index (χ3n) is 16.8. The van der Waals surface area contributed by atoms with E-state index in [2.05, 4.69) is 290 Å². The number of anilines is 3. The number of rotatable bonds is 6. The van der Waals surface area contributed by atoms with Crippen LogP contribution in [0.5, 0.6) is 23.0 Å². The molecule has 2 aliphatic carbocycles. The van der Waals surface area contributed by atoms with Crippen molar-refractivity contribution < 1.29 is 9.47 Å². The van der Waals surface area contributed by atoms with Crippen molar-refractivity contribution in [1.82, 2.24) is 0 Å². The predicted molar refractivity (Wildman–Crippen MR) is 312 cm³/mol. The van der Waals surface area contributed by atoms with Gasteiger partial charge in [0.15, 0.2) is 0 Å². The summed E-state index contributed by atoms with van der Waals surface area (Å²) < 4.78 is 13.4. The molecule has 12 aromatic rings. The van der Waals surface area contributed by atoms with Gasteiger partial charge >= 0.3 is 0 Å². The van der Waals surface area contributed by atoms with E-state index < -0.39 is 10.8 Å². The first-order valence-electron chi connectivity index (χ1n) is 26.6. The van der Waals surface area contributed by atoms with Crippen LogP contribution in [0, 0.1) is 0 Å². The molecule has 360 valence electrons. The molecule has 0 atom stereocenters. The average molecular weight is 982 g/mol. The number of fused-ring (bicyclic) bond motifs is 18. The van der Waals surface area contributed by atoms with Crippen molar-refractivity contribution in [3.05, 3.63) is 330 Å². The van der Waals surface area contributed by atoms with E-state index in [1.54, 1.807) is 0 Å². The van der Waals surface area contributed by atoms with Crippen LogP contribution in [0.15, 0.2) is 285 Å². The highest BCUT2D eigenvalue weighted by Gasteiger charge is 2.53. The highest BCUT2D eigenvalue weighted by Crippen LogP contribution is 2.65. The van der Waals surface area contributed by atoms with Crippen molar-refractivity contribution in [1.29, 1.82) is 0 Å². The molecule has 0 unspecified atom stereocenters. The SMILES string of the molecule is c1ccc(-c2ccc(N(c3cccc(-c4ccc5c(c4)C4(c6ccccc6Oc6ccccc64)c4ccccc4-5)c3)c3ccccc3-c3cccc4c3-c3ccccc3C43c4ccccc4Oc4ccccc43)cc2)cc1. The second kappa shape index (κ2) is 16.8. The molecule has 0 amide bonds. The first-order valence-corrected chi connectivity index (χ1v) is 26.6. The van der Waals surface area contributed by atoms with Crippen molar-refractivity contribution in [2.24, 2.45) is 0 Å². The monoisotopic (exact) mass is 981 g/mol. The quantitative estimate of drug-likeness (QED) is 0.166. The minimum atomic E-state index is -0.589. The van der Waals surface area contributed by atoms with Crippen LogP contribution in [0.1, 0.15) is 44.5 Å². The van der Waals surface area contributed by atoms with Gasteiger partial charge in [-0.05, 0) is 133 Å². The minimum Gasteiger partial charge on any atom is -0.457 e. The Labute approximate surface area is 448 Å². The second-order valence-electron chi connectivity index (χ2n) is 20.6. The van der Waals surface area contributed by atoms with E-state index in [9.17, 15) is 0 Å². The van der Waals surface area contributed by atoms with Gasteiger partial charge < -0.3 is 14.4 Å². The summed E-state index contributed by atoms with van der Waals surface area (Å²) in [6.45, 7) is 0. The van der Waals surface area contributed by atoms with Crippen LogP contribution >= 0.6 is 0 Å². The molecule has 2 heterocycles. The molecule has 0 N–H and O–H groups in total. The molecular formula is C74H47NO2. The summed E-state index contributed by atoms with van der Waals surface area (Å²) in [5, 5.41) is 0. The Hall–Kier alpha value is -9.96. The average Bonchev–Trinajstić information content (AvgIpc) is 3.74. The standard InChI is InChI=1S/C74H47NO2/c1-2-20-48(21-3-1)49-40-43-52(44-41-49)75(53-23-18-22-50(46-53)51-42-45-55-54-24-4-7-28-59(54)74(66(55)47-51)63-32-11-16-38-70(63)77-71-39-17-12-33-64(71)74)67-35-13-6-25-56(67)57-27-19-34-65-72(57)58-26-5-8-29-60(58)73(65)61-30-9-14-36-68(61)76-69-37-15-10-31-62(69)73/h1-47H. The van der Waals surface area contributed by atoms with Gasteiger partial charge in [0.25, 0.3) is 0 Å². The molecule has 0 aromatic heterocycles. The van der Waals surface area contributed by atoms with E-state index in [0.717, 1.165) is 79.0 Å². The molecule has 3 heteroatoms. The lowest BCUT2D eigenvalue weighted by molar-refractivity contribution is 0.436. The van der Waals surface area contributed by atoms with E-state index in [-0.39, 0.29) is 0 Å². The zero-order valence-electron chi connectivity index (χ0n) is 41.9. The normalized spacial score (nSPS) is 13.9. The van der Waals surface area contributed by atoms with Crippen LogP contribution in [0.25, 0.3) is 55.6 Å². The van der Waals surface area contributed by atoms with Crippen LogP contribution in [0.3, 0.4) is 0 Å². The maximum Gasteiger partial charge on any atom is 0.132 e. The van der Waals surface area contributed by atoms with E-state index in [4.69, 9.17) is 9.47 Å². The summed E-state index contributed by atoms with van der Waals surface area (Å²) in [6.07, 6.45) is 0. The number of para-hydroxylation sites is 5. The van der Waals surface area contributed by atoms with Crippen LogP contribution in [-0.4, -0.2) is 0 Å². The number of benzene rings is 12. The lowest BCUT2D eigenvalue weighted by Crippen LogP contribution is -2.32. The maximum atomic E-state index is 6.72. The topological polar surface area (TPSA) is 21.7 Å². The molecule has 3 nitrogen and oxygen atoms in total. The highest BCUT2D eigenvalue weighted by molar-refractivity contribution is 6.01. The molecule has 0 bridgehead atoms. The van der Waals surface area contributed by atoms with Gasteiger partial charge in [0.05, 0.1) is 16.5 Å². The van der Waals surface area contributed by atoms with E-state index in [0.29, 0.717) is 0 Å². The molecule has 0 radical (unpaired) electrons. The number of hydrogen-bond acceptors (Lipinski definition) is 3. The lowest BCUT2D eigenvalue weighted by Gasteiger charge is -2.39. The third kappa shape index (κ3) is 6.14. The Morgan fingerprint density at radius 2 is 0.649 bits per heavy atom. The van der Waals surface area contributed by atoms with Crippen LogP contribution in [0.4, 0.5) is 17.1 Å². The Kier molecular flexibility index (Phi) is 9.47. The van der Waals surface area contributed by atoms with Crippen molar-refractivity contribution in [2.45, 2.75) is 10.8 Å². The van der Waals surface area contributed by atoms with Crippen LogP contribution in [-0.2, 0) is 10.8 Å². The summed E-state index contributed by atoms with van der Waals surface area (Å²) in [5.74, 6) is 3.54. The van der Waals surface area contributed by atoms with Gasteiger partial charge in [0.2, 0.25) is 0 Å². The number of ether oxygens (including phenoxy) is 2. The number of nitrogens with zero attached hydrogens (tertiary/aromatic N) is 1. The van der Waals surface area contributed by atoms with Gasteiger partial charge in [-0.25, -0.2) is 0 Å². The molecule has 0 saturated heterocycles. The highest BCUT2D eigenvalue weighted by atomic mass is 16.5. The Morgan fingerprint density at radius 3 is 1.29 bits per heavy atom. The Balaban J connectivity index is 0.899. The molecule has 77 heavy (non-hydrogen) atoms. The fourth-order valence-electron chi connectivity index (χ4n) is 13.7. The fraction of sp³-hybridized carbons (Fsp3) is 0.0270. The van der Waals surface area contributed by atoms with Gasteiger partial charge in [-0.1, -0.05) is 224 Å². The van der Waals surface area contributed by atoms with Crippen LogP contribution < -0.4 is 14.4 Å². The van der Waals surface area contributed by atoms with E-state index in [1.807, 2.05) is 0 Å². The van der Waals surface area contributed by atoms with Gasteiger partial charge in [-0.15, -0.1) is 0 Å². The van der Waals surface area contributed by atoms with Gasteiger partial charge in [0.1, 0.15) is 23.0 Å². The van der Waals surface area contributed by atoms with Crippen molar-refractivity contribution >= 4 is 17.1 Å². The van der Waals surface area contributed by atoms with Crippen molar-refractivity contribution in [2.75, 3.05) is 4.90 Å². The molecule has 0 saturated carbocycles. The summed E-state index contributed by atoms with van der Waals surface area (Å²) in [4.78, 5) is 2.46. The summed E-state index contributed by atoms with van der Waals surface area (Å²) in [7, 11) is 0. The largest absolute Gasteiger partial charge is 0.457 e. The third-order valence-corrected chi connectivity index (χ3v) is 16.8. The fourth-order valence-corrected chi connectivity index (χ4v) is 13.7. The molecule has 16 rings (SSSR count). The van der Waals surface area contributed by atoms with E-state index in [1.165, 1.54) is 61.2 Å². The zero-order valence-corrected chi connectivity index (χ0v) is 41.9. The first-order chi connectivity index (χ1) is 38.2. The molecule has 2 spiro atoms. The van der Waals surface area contributed by atoms with Gasteiger partial charge in [-0.2, -0.15) is 0 Å². The molecule has 12 aromatic carbocycles. The maximum absolute atomic E-state index is 6.72. The van der Waals surface area contributed by atoms with Gasteiger partial charge in [0, 0.05) is 39.2 Å². The summed E-state index contributed by atoms with van der Waals surface area (Å²) >= 11 is 0. The minimum absolute atomic E-state index is 0.571. The summed E-state index contributed by atoms with van der Waals surface area (Å²) in [6, 6.07) is 104. The second-order valence-corrected chi connectivity index (χ2v) is 20.6. The van der Waals surface area contributed by atoms with Gasteiger partial charge in [-0.3, -0.25) is 0 Å². The first kappa shape index (κ1) is 43.4. The lowest BCUT2D eigenvalue weighted by atomic mass is 9.66.